The highest BCUT2D eigenvalue weighted by molar-refractivity contribution is 8.00. The summed E-state index contributed by atoms with van der Waals surface area (Å²) in [5, 5.41) is 7.01. The van der Waals surface area contributed by atoms with Gasteiger partial charge >= 0.3 is 0 Å². The molecule has 2 aliphatic rings. The van der Waals surface area contributed by atoms with Gasteiger partial charge in [0.1, 0.15) is 0 Å². The third-order valence-electron chi connectivity index (χ3n) is 4.49. The number of thioether (sulfide) groups is 1. The van der Waals surface area contributed by atoms with Crippen LogP contribution in [0.4, 0.5) is 0 Å². The van der Waals surface area contributed by atoms with Gasteiger partial charge in [-0.2, -0.15) is 11.8 Å². The molecular formula is C15H23NS2. The zero-order chi connectivity index (χ0) is 12.4. The molecule has 0 amide bonds. The van der Waals surface area contributed by atoms with Crippen LogP contribution in [-0.2, 0) is 0 Å². The van der Waals surface area contributed by atoms with Crippen molar-refractivity contribution < 1.29 is 0 Å². The molecule has 1 aromatic rings. The Hall–Kier alpha value is 0.01000. The maximum absolute atomic E-state index is 4.00. The predicted octanol–water partition coefficient (Wildman–Crippen LogP) is 4.46. The first kappa shape index (κ1) is 13.0. The first-order valence-corrected chi connectivity index (χ1v) is 9.18. The van der Waals surface area contributed by atoms with E-state index in [1.807, 2.05) is 11.3 Å². The van der Waals surface area contributed by atoms with Crippen molar-refractivity contribution in [2.75, 3.05) is 5.75 Å². The Kier molecular flexibility index (Phi) is 4.32. The fourth-order valence-electron chi connectivity index (χ4n) is 3.39. The van der Waals surface area contributed by atoms with E-state index >= 15 is 0 Å². The van der Waals surface area contributed by atoms with Crippen LogP contribution in [0.1, 0.15) is 49.9 Å². The molecule has 1 saturated heterocycles. The number of hydrogen-bond acceptors (Lipinski definition) is 3. The highest BCUT2D eigenvalue weighted by atomic mass is 32.2. The van der Waals surface area contributed by atoms with Crippen LogP contribution in [0.15, 0.2) is 17.5 Å². The Morgan fingerprint density at radius 1 is 1.28 bits per heavy atom. The van der Waals surface area contributed by atoms with Gasteiger partial charge in [0, 0.05) is 22.2 Å². The van der Waals surface area contributed by atoms with Crippen molar-refractivity contribution in [2.24, 2.45) is 5.92 Å². The van der Waals surface area contributed by atoms with Gasteiger partial charge in [-0.3, -0.25) is 0 Å². The van der Waals surface area contributed by atoms with Crippen molar-refractivity contribution in [3.05, 3.63) is 22.4 Å². The maximum atomic E-state index is 4.00. The van der Waals surface area contributed by atoms with E-state index in [4.69, 9.17) is 0 Å². The largest absolute Gasteiger partial charge is 0.305 e. The van der Waals surface area contributed by atoms with Gasteiger partial charge in [-0.05, 0) is 42.4 Å². The Balaban J connectivity index is 1.72. The summed E-state index contributed by atoms with van der Waals surface area (Å²) in [6.07, 6.45) is 7.06. The normalized spacial score (nSPS) is 30.9. The van der Waals surface area contributed by atoms with Gasteiger partial charge in [0.05, 0.1) is 0 Å². The highest BCUT2D eigenvalue weighted by Crippen LogP contribution is 2.39. The lowest BCUT2D eigenvalue weighted by molar-refractivity contribution is 0.330. The summed E-state index contributed by atoms with van der Waals surface area (Å²) in [6.45, 7) is 2.38. The lowest BCUT2D eigenvalue weighted by Gasteiger charge is -2.29. The fraction of sp³-hybridized carbons (Fsp3) is 0.733. The number of hydrogen-bond donors (Lipinski definition) is 1. The van der Waals surface area contributed by atoms with Gasteiger partial charge in [0.15, 0.2) is 0 Å². The molecule has 1 aliphatic heterocycles. The summed E-state index contributed by atoms with van der Waals surface area (Å²) in [5.41, 5.74) is 0. The lowest BCUT2D eigenvalue weighted by Crippen LogP contribution is -2.38. The Labute approximate surface area is 119 Å². The highest BCUT2D eigenvalue weighted by Gasteiger charge is 2.32. The molecule has 0 aromatic carbocycles. The van der Waals surface area contributed by atoms with Crippen molar-refractivity contribution in [2.45, 2.75) is 56.4 Å². The molecular weight excluding hydrogens is 258 g/mol. The SMILES string of the molecule is CC1SCCC1NC(c1cccs1)C1CCCC1. The molecule has 2 fully saturated rings. The van der Waals surface area contributed by atoms with Gasteiger partial charge in [0.25, 0.3) is 0 Å². The van der Waals surface area contributed by atoms with E-state index in [-0.39, 0.29) is 0 Å². The van der Waals surface area contributed by atoms with E-state index in [1.54, 1.807) is 4.88 Å². The van der Waals surface area contributed by atoms with Crippen LogP contribution in [0.5, 0.6) is 0 Å². The first-order chi connectivity index (χ1) is 8.84. The Morgan fingerprint density at radius 2 is 2.11 bits per heavy atom. The van der Waals surface area contributed by atoms with Crippen molar-refractivity contribution >= 4 is 23.1 Å². The Bertz CT molecular complexity index is 357. The molecule has 3 atom stereocenters. The van der Waals surface area contributed by atoms with Crippen molar-refractivity contribution in [3.63, 3.8) is 0 Å². The van der Waals surface area contributed by atoms with Gasteiger partial charge < -0.3 is 5.32 Å². The van der Waals surface area contributed by atoms with Gasteiger partial charge in [0.2, 0.25) is 0 Å². The number of nitrogens with one attached hydrogen (secondary N) is 1. The third-order valence-corrected chi connectivity index (χ3v) is 6.77. The molecule has 0 bridgehead atoms. The molecule has 3 unspecified atom stereocenters. The Morgan fingerprint density at radius 3 is 2.72 bits per heavy atom. The van der Waals surface area contributed by atoms with Gasteiger partial charge in [-0.1, -0.05) is 25.8 Å². The average molecular weight is 281 g/mol. The number of rotatable bonds is 4. The molecule has 100 valence electrons. The number of thiophene rings is 1. The summed E-state index contributed by atoms with van der Waals surface area (Å²) < 4.78 is 0. The van der Waals surface area contributed by atoms with Crippen LogP contribution in [-0.4, -0.2) is 17.0 Å². The fourth-order valence-corrected chi connectivity index (χ4v) is 5.48. The molecule has 1 N–H and O–H groups in total. The van der Waals surface area contributed by atoms with E-state index in [0.29, 0.717) is 6.04 Å². The van der Waals surface area contributed by atoms with Crippen LogP contribution in [0.2, 0.25) is 0 Å². The minimum Gasteiger partial charge on any atom is -0.305 e. The van der Waals surface area contributed by atoms with Crippen molar-refractivity contribution in [3.8, 4) is 0 Å². The smallest absolute Gasteiger partial charge is 0.0445 e. The van der Waals surface area contributed by atoms with Crippen LogP contribution in [0, 0.1) is 5.92 Å². The third kappa shape index (κ3) is 2.78. The average Bonchev–Trinajstić information content (AvgIpc) is 3.09. The quantitative estimate of drug-likeness (QED) is 0.874. The minimum atomic E-state index is 0.624. The molecule has 3 rings (SSSR count). The summed E-state index contributed by atoms with van der Waals surface area (Å²) in [6, 6.07) is 5.88. The van der Waals surface area contributed by atoms with E-state index in [0.717, 1.165) is 17.2 Å². The monoisotopic (exact) mass is 281 g/mol. The van der Waals surface area contributed by atoms with Crippen LogP contribution >= 0.6 is 23.1 Å². The molecule has 1 saturated carbocycles. The van der Waals surface area contributed by atoms with E-state index < -0.39 is 0 Å². The summed E-state index contributed by atoms with van der Waals surface area (Å²) >= 11 is 4.06. The van der Waals surface area contributed by atoms with E-state index in [2.05, 4.69) is 41.5 Å². The van der Waals surface area contributed by atoms with E-state index in [9.17, 15) is 0 Å². The summed E-state index contributed by atoms with van der Waals surface area (Å²) in [4.78, 5) is 1.56. The summed E-state index contributed by atoms with van der Waals surface area (Å²) in [7, 11) is 0. The minimum absolute atomic E-state index is 0.624. The van der Waals surface area contributed by atoms with Crippen molar-refractivity contribution in [1.82, 2.24) is 5.32 Å². The topological polar surface area (TPSA) is 12.0 Å². The second-order valence-electron chi connectivity index (χ2n) is 5.68. The molecule has 0 radical (unpaired) electrons. The predicted molar refractivity (Wildman–Crippen MR) is 82.5 cm³/mol. The second kappa shape index (κ2) is 5.98. The zero-order valence-corrected chi connectivity index (χ0v) is 12.7. The van der Waals surface area contributed by atoms with Crippen LogP contribution in [0.25, 0.3) is 0 Å². The zero-order valence-electron chi connectivity index (χ0n) is 11.1. The molecule has 1 nitrogen and oxygen atoms in total. The molecule has 1 aromatic heterocycles. The van der Waals surface area contributed by atoms with Gasteiger partial charge in [-0.25, -0.2) is 0 Å². The second-order valence-corrected chi connectivity index (χ2v) is 8.14. The van der Waals surface area contributed by atoms with Crippen LogP contribution in [0.3, 0.4) is 0 Å². The maximum Gasteiger partial charge on any atom is 0.0445 e. The standard InChI is InChI=1S/C15H23NS2/c1-11-13(8-10-17-11)16-15(12-5-2-3-6-12)14-7-4-9-18-14/h4,7,9,11-13,15-16H,2-3,5-6,8,10H2,1H3. The summed E-state index contributed by atoms with van der Waals surface area (Å²) in [5.74, 6) is 2.21. The molecule has 0 spiro atoms. The van der Waals surface area contributed by atoms with Crippen molar-refractivity contribution in [1.29, 1.82) is 0 Å². The molecule has 1 aliphatic carbocycles. The molecule has 18 heavy (non-hydrogen) atoms. The first-order valence-electron chi connectivity index (χ1n) is 7.25. The van der Waals surface area contributed by atoms with E-state index in [1.165, 1.54) is 37.9 Å². The molecule has 3 heteroatoms. The lowest BCUT2D eigenvalue weighted by atomic mass is 9.95. The molecule has 2 heterocycles. The van der Waals surface area contributed by atoms with Gasteiger partial charge in [-0.15, -0.1) is 11.3 Å². The van der Waals surface area contributed by atoms with Crippen LogP contribution < -0.4 is 5.32 Å².